The van der Waals surface area contributed by atoms with Gasteiger partial charge in [0.25, 0.3) is 0 Å². The highest BCUT2D eigenvalue weighted by Gasteiger charge is 2.20. The van der Waals surface area contributed by atoms with Gasteiger partial charge in [-0.15, -0.1) is 0 Å². The van der Waals surface area contributed by atoms with Crippen molar-refractivity contribution in [1.82, 2.24) is 20.0 Å². The Balaban J connectivity index is 1.57. The van der Waals surface area contributed by atoms with Crippen LogP contribution in [-0.2, 0) is 6.54 Å². The number of hydrogen-bond acceptors (Lipinski definition) is 4. The molecule has 0 saturated carbocycles. The summed E-state index contributed by atoms with van der Waals surface area (Å²) < 4.78 is 21.4. The predicted molar refractivity (Wildman–Crippen MR) is 122 cm³/mol. The first kappa shape index (κ1) is 21.5. The Bertz CT molecular complexity index is 1030. The second-order valence-corrected chi connectivity index (χ2v) is 8.33. The maximum absolute atomic E-state index is 14.4. The molecule has 0 radical (unpaired) electrons. The summed E-state index contributed by atoms with van der Waals surface area (Å²) in [5.41, 5.74) is 4.75. The summed E-state index contributed by atoms with van der Waals surface area (Å²) in [5.74, 6) is -0.143. The quantitative estimate of drug-likeness (QED) is 0.540. The molecular weight excluding hydrogens is 391 g/mol. The number of methoxy groups -OCH3 is 1. The summed E-state index contributed by atoms with van der Waals surface area (Å²) >= 11 is 0. The molecular formula is C25H31FN4O. The van der Waals surface area contributed by atoms with Gasteiger partial charge in [-0.2, -0.15) is 5.10 Å². The smallest absolute Gasteiger partial charge is 0.165 e. The van der Waals surface area contributed by atoms with Gasteiger partial charge in [-0.1, -0.05) is 18.2 Å². The van der Waals surface area contributed by atoms with Crippen LogP contribution in [0, 0.1) is 12.7 Å². The number of para-hydroxylation sites is 1. The molecule has 1 saturated heterocycles. The van der Waals surface area contributed by atoms with Crippen LogP contribution >= 0.6 is 0 Å². The fourth-order valence-corrected chi connectivity index (χ4v) is 4.38. The van der Waals surface area contributed by atoms with E-state index in [2.05, 4.69) is 36.5 Å². The average Bonchev–Trinajstić information content (AvgIpc) is 3.37. The van der Waals surface area contributed by atoms with Crippen molar-refractivity contribution in [2.75, 3.05) is 27.2 Å². The van der Waals surface area contributed by atoms with Crippen molar-refractivity contribution in [3.63, 3.8) is 0 Å². The number of halogens is 1. The second-order valence-electron chi connectivity index (χ2n) is 8.33. The van der Waals surface area contributed by atoms with Crippen molar-refractivity contribution in [1.29, 1.82) is 0 Å². The van der Waals surface area contributed by atoms with Gasteiger partial charge in [-0.25, -0.2) is 9.07 Å². The minimum absolute atomic E-state index is 0.238. The van der Waals surface area contributed by atoms with Crippen LogP contribution in [0.15, 0.2) is 48.7 Å². The third-order valence-electron chi connectivity index (χ3n) is 6.22. The van der Waals surface area contributed by atoms with Gasteiger partial charge < -0.3 is 15.0 Å². The van der Waals surface area contributed by atoms with E-state index in [4.69, 9.17) is 9.84 Å². The van der Waals surface area contributed by atoms with E-state index in [0.29, 0.717) is 12.6 Å². The largest absolute Gasteiger partial charge is 0.494 e. The lowest BCUT2D eigenvalue weighted by atomic mass is 10.1. The summed E-state index contributed by atoms with van der Waals surface area (Å²) in [6, 6.07) is 13.8. The van der Waals surface area contributed by atoms with Crippen molar-refractivity contribution in [2.45, 2.75) is 38.8 Å². The highest BCUT2D eigenvalue weighted by molar-refractivity contribution is 5.64. The molecule has 1 N–H and O–H groups in total. The number of nitrogens with one attached hydrogen (secondary N) is 1. The van der Waals surface area contributed by atoms with Gasteiger partial charge in [0.05, 0.1) is 18.5 Å². The fourth-order valence-electron chi connectivity index (χ4n) is 4.38. The second kappa shape index (κ2) is 9.62. The topological polar surface area (TPSA) is 42.3 Å². The van der Waals surface area contributed by atoms with Crippen LogP contribution in [0.4, 0.5) is 4.39 Å². The Kier molecular flexibility index (Phi) is 6.68. The lowest BCUT2D eigenvalue weighted by Crippen LogP contribution is -2.29. The number of rotatable bonds is 8. The third-order valence-corrected chi connectivity index (χ3v) is 6.22. The van der Waals surface area contributed by atoms with E-state index in [1.54, 1.807) is 6.07 Å². The molecule has 0 bridgehead atoms. The van der Waals surface area contributed by atoms with Crippen molar-refractivity contribution in [2.24, 2.45) is 0 Å². The molecule has 2 heterocycles. The Morgan fingerprint density at radius 1 is 1.23 bits per heavy atom. The third kappa shape index (κ3) is 4.81. The molecule has 2 aromatic carbocycles. The zero-order valence-electron chi connectivity index (χ0n) is 18.6. The maximum atomic E-state index is 14.4. The van der Waals surface area contributed by atoms with E-state index in [-0.39, 0.29) is 11.6 Å². The molecule has 0 amide bonds. The van der Waals surface area contributed by atoms with Crippen LogP contribution in [-0.4, -0.2) is 48.0 Å². The molecule has 1 aromatic heterocycles. The molecule has 3 aromatic rings. The van der Waals surface area contributed by atoms with E-state index in [1.807, 2.05) is 28.9 Å². The lowest BCUT2D eigenvalue weighted by molar-refractivity contribution is 0.293. The Labute approximate surface area is 183 Å². The Morgan fingerprint density at radius 3 is 2.77 bits per heavy atom. The molecule has 0 aliphatic carbocycles. The molecule has 1 fully saturated rings. The fraction of sp³-hybridized carbons (Fsp3) is 0.400. The molecule has 0 spiro atoms. The van der Waals surface area contributed by atoms with Crippen LogP contribution < -0.4 is 10.1 Å². The van der Waals surface area contributed by atoms with Gasteiger partial charge >= 0.3 is 0 Å². The predicted octanol–water partition coefficient (Wildman–Crippen LogP) is 4.57. The van der Waals surface area contributed by atoms with E-state index >= 15 is 0 Å². The van der Waals surface area contributed by atoms with Crippen LogP contribution in [0.3, 0.4) is 0 Å². The summed E-state index contributed by atoms with van der Waals surface area (Å²) in [6.45, 7) is 4.90. The van der Waals surface area contributed by atoms with Crippen molar-refractivity contribution < 1.29 is 9.13 Å². The number of likely N-dealkylation sites (tertiary alicyclic amines) is 1. The van der Waals surface area contributed by atoms with Gasteiger partial charge in [-0.05, 0) is 76.2 Å². The first-order valence-electron chi connectivity index (χ1n) is 11.0. The monoisotopic (exact) mass is 422 g/mol. The van der Waals surface area contributed by atoms with Gasteiger partial charge in [-0.3, -0.25) is 0 Å². The Hall–Kier alpha value is -2.70. The zero-order chi connectivity index (χ0) is 21.8. The van der Waals surface area contributed by atoms with Crippen molar-refractivity contribution in [3.8, 4) is 22.7 Å². The molecule has 0 unspecified atom stereocenters. The van der Waals surface area contributed by atoms with Crippen LogP contribution in [0.1, 0.15) is 30.4 Å². The normalized spacial score (nSPS) is 16.7. The van der Waals surface area contributed by atoms with Gasteiger partial charge in [0.1, 0.15) is 0 Å². The number of ether oxygens (including phenoxy) is 1. The first-order valence-corrected chi connectivity index (χ1v) is 11.0. The van der Waals surface area contributed by atoms with Gasteiger partial charge in [0, 0.05) is 29.9 Å². The molecule has 1 atom stereocenters. The minimum Gasteiger partial charge on any atom is -0.494 e. The van der Waals surface area contributed by atoms with E-state index in [9.17, 15) is 4.39 Å². The van der Waals surface area contributed by atoms with Crippen LogP contribution in [0.25, 0.3) is 16.9 Å². The van der Waals surface area contributed by atoms with Gasteiger partial charge in [0.2, 0.25) is 0 Å². The minimum atomic E-state index is -0.381. The molecule has 1 aliphatic heterocycles. The summed E-state index contributed by atoms with van der Waals surface area (Å²) in [4.78, 5) is 2.45. The van der Waals surface area contributed by atoms with E-state index in [1.165, 1.54) is 32.6 Å². The molecule has 1 aliphatic rings. The average molecular weight is 423 g/mol. The standard InChI is InChI=1S/C25H31FN4O/c1-18-7-4-5-9-23(18)30-17-20(16-27-13-12-21-8-6-14-29(21)2)25(28-30)19-10-11-24(31-3)22(26)15-19/h4-5,7,9-11,15,17,21,27H,6,8,12-14,16H2,1-3H3/t21-/m1/s1. The number of benzene rings is 2. The van der Waals surface area contributed by atoms with E-state index < -0.39 is 0 Å². The molecule has 6 heteroatoms. The number of aryl methyl sites for hydroxylation is 1. The Morgan fingerprint density at radius 2 is 2.06 bits per heavy atom. The summed E-state index contributed by atoms with van der Waals surface area (Å²) in [7, 11) is 3.68. The van der Waals surface area contributed by atoms with Crippen molar-refractivity contribution in [3.05, 3.63) is 65.6 Å². The van der Waals surface area contributed by atoms with Crippen LogP contribution in [0.2, 0.25) is 0 Å². The van der Waals surface area contributed by atoms with Crippen molar-refractivity contribution >= 4 is 0 Å². The highest BCUT2D eigenvalue weighted by Crippen LogP contribution is 2.28. The SMILES string of the molecule is COc1ccc(-c2nn(-c3ccccc3C)cc2CNCC[C@H]2CCCN2C)cc1F. The van der Waals surface area contributed by atoms with Gasteiger partial charge in [0.15, 0.2) is 11.6 Å². The zero-order valence-corrected chi connectivity index (χ0v) is 18.6. The highest BCUT2D eigenvalue weighted by atomic mass is 19.1. The first-order chi connectivity index (χ1) is 15.1. The molecule has 31 heavy (non-hydrogen) atoms. The summed E-state index contributed by atoms with van der Waals surface area (Å²) in [6.07, 6.45) is 5.75. The van der Waals surface area contributed by atoms with E-state index in [0.717, 1.165) is 41.0 Å². The summed E-state index contributed by atoms with van der Waals surface area (Å²) in [5, 5.41) is 8.41. The number of hydrogen-bond donors (Lipinski definition) is 1. The molecule has 4 rings (SSSR count). The number of nitrogens with zero attached hydrogens (tertiary/aromatic N) is 3. The molecule has 5 nitrogen and oxygen atoms in total. The van der Waals surface area contributed by atoms with Crippen LogP contribution in [0.5, 0.6) is 5.75 Å². The lowest BCUT2D eigenvalue weighted by Gasteiger charge is -2.19. The molecule has 164 valence electrons. The maximum Gasteiger partial charge on any atom is 0.165 e. The number of aromatic nitrogens is 2.